The number of hydrogen-bond donors (Lipinski definition) is 0. The molecule has 0 aliphatic heterocycles. The van der Waals surface area contributed by atoms with Crippen LogP contribution < -0.4 is 9.05 Å². The Labute approximate surface area is 297 Å². The van der Waals surface area contributed by atoms with Gasteiger partial charge in [-0.05, 0) is 84.0 Å². The molecule has 2 nitrogen and oxygen atoms in total. The maximum atomic E-state index is 13.8. The van der Waals surface area contributed by atoms with Crippen LogP contribution in [0.2, 0.25) is 0 Å². The fourth-order valence-electron chi connectivity index (χ4n) is 6.69. The van der Waals surface area contributed by atoms with Gasteiger partial charge < -0.3 is 9.05 Å². The molecule has 0 fully saturated rings. The number of alkyl halides is 3. The van der Waals surface area contributed by atoms with Gasteiger partial charge in [0.05, 0.1) is 23.2 Å². The zero-order valence-corrected chi connectivity index (χ0v) is 31.1. The van der Waals surface area contributed by atoms with E-state index in [1.54, 1.807) is 6.07 Å². The van der Waals surface area contributed by atoms with Crippen molar-refractivity contribution in [1.82, 2.24) is 0 Å². The van der Waals surface area contributed by atoms with Crippen LogP contribution in [0.4, 0.5) is 13.2 Å². The molecule has 50 heavy (non-hydrogen) atoms. The third-order valence-corrected chi connectivity index (χ3v) is 13.2. The zero-order valence-electron chi connectivity index (χ0n) is 29.1. The largest absolute Gasteiger partial charge is 0.476 e. The Bertz CT molecular complexity index is 2120. The first-order chi connectivity index (χ1) is 24.0. The lowest BCUT2D eigenvalue weighted by atomic mass is 9.91. The van der Waals surface area contributed by atoms with Crippen molar-refractivity contribution in [3.05, 3.63) is 144 Å². The summed E-state index contributed by atoms with van der Waals surface area (Å²) in [5, 5.41) is 3.42. The summed E-state index contributed by atoms with van der Waals surface area (Å²) in [4.78, 5) is 0. The average molecular weight is 711 g/mol. The minimum absolute atomic E-state index is 0.120. The van der Waals surface area contributed by atoms with Gasteiger partial charge in [-0.3, -0.25) is 0 Å². The summed E-state index contributed by atoms with van der Waals surface area (Å²) in [5.74, 6) is 1.45. The van der Waals surface area contributed by atoms with E-state index in [1.165, 1.54) is 23.3 Å². The van der Waals surface area contributed by atoms with E-state index in [2.05, 4.69) is 87.5 Å². The van der Waals surface area contributed by atoms with Crippen molar-refractivity contribution in [2.45, 2.75) is 70.4 Å². The predicted octanol–water partition coefficient (Wildman–Crippen LogP) is 14.0. The Balaban J connectivity index is 1.48. The van der Waals surface area contributed by atoms with E-state index in [4.69, 9.17) is 9.05 Å². The molecule has 0 aromatic heterocycles. The normalized spacial score (nSPS) is 13.8. The molecule has 7 heteroatoms. The predicted molar refractivity (Wildman–Crippen MR) is 207 cm³/mol. The van der Waals surface area contributed by atoms with Crippen molar-refractivity contribution in [3.63, 3.8) is 0 Å². The molecule has 6 rings (SSSR count). The van der Waals surface area contributed by atoms with Gasteiger partial charge in [-0.25, -0.2) is 0 Å². The molecule has 3 atom stereocenters. The summed E-state index contributed by atoms with van der Waals surface area (Å²) in [5.41, 5.74) is 4.35. The van der Waals surface area contributed by atoms with Gasteiger partial charge in [-0.1, -0.05) is 129 Å². The quantitative estimate of drug-likeness (QED) is 0.118. The Kier molecular flexibility index (Phi) is 10.6. The molecule has 258 valence electrons. The van der Waals surface area contributed by atoms with Crippen LogP contribution >= 0.6 is 17.6 Å². The molecular weight excluding hydrogens is 667 g/mol. The highest BCUT2D eigenvalue weighted by molar-refractivity contribution is 7.34. The Morgan fingerprint density at radius 2 is 1.06 bits per heavy atom. The van der Waals surface area contributed by atoms with Crippen molar-refractivity contribution in [2.24, 2.45) is 0 Å². The standard InChI is InChI=1S/C43H43F3O2P2/c1-6-41(5,32-18-13-15-29(4)27-32)49-47-37-25-23-30-16-9-11-21-35(30)39(37)40-36-22-12-10-17-31(36)24-26-38(40)48-50-42(7-2,8-3)33-19-14-20-34(28-33)43(44,45)46/h9-28,49-50H,6-8H2,1-5H3. The number of benzene rings is 6. The van der Waals surface area contributed by atoms with E-state index in [9.17, 15) is 13.2 Å². The van der Waals surface area contributed by atoms with E-state index in [-0.39, 0.29) is 22.8 Å². The smallest absolute Gasteiger partial charge is 0.416 e. The molecule has 0 aliphatic rings. The second-order valence-corrected chi connectivity index (χ2v) is 16.0. The SMILES string of the molecule is CCC(C)(POc1ccc2ccccc2c1-c1c(OPC(CC)(CC)c2cccc(C(F)(F)F)c2)ccc2ccccc12)c1cccc(C)c1. The van der Waals surface area contributed by atoms with Gasteiger partial charge in [0.15, 0.2) is 0 Å². The van der Waals surface area contributed by atoms with Crippen LogP contribution in [0.5, 0.6) is 11.5 Å². The number of halogens is 3. The van der Waals surface area contributed by atoms with Crippen molar-refractivity contribution in [3.8, 4) is 22.6 Å². The highest BCUT2D eigenvalue weighted by atomic mass is 31.1. The van der Waals surface area contributed by atoms with Gasteiger partial charge in [0.25, 0.3) is 0 Å². The molecule has 0 spiro atoms. The number of fused-ring (bicyclic) bond motifs is 2. The molecule has 0 N–H and O–H groups in total. The number of rotatable bonds is 12. The molecule has 0 aliphatic carbocycles. The van der Waals surface area contributed by atoms with Crippen LogP contribution in [0.25, 0.3) is 32.7 Å². The van der Waals surface area contributed by atoms with Crippen LogP contribution in [0, 0.1) is 6.92 Å². The minimum Gasteiger partial charge on any atom is -0.476 e. The maximum Gasteiger partial charge on any atom is 0.416 e. The highest BCUT2D eigenvalue weighted by Gasteiger charge is 2.36. The van der Waals surface area contributed by atoms with Crippen molar-refractivity contribution >= 4 is 39.2 Å². The van der Waals surface area contributed by atoms with Crippen molar-refractivity contribution in [2.75, 3.05) is 0 Å². The third kappa shape index (κ3) is 7.14. The lowest BCUT2D eigenvalue weighted by Gasteiger charge is -2.33. The van der Waals surface area contributed by atoms with Crippen molar-refractivity contribution in [1.29, 1.82) is 0 Å². The minimum atomic E-state index is -4.42. The first-order valence-electron chi connectivity index (χ1n) is 17.2. The first kappa shape index (κ1) is 35.9. The molecule has 0 radical (unpaired) electrons. The van der Waals surface area contributed by atoms with Crippen LogP contribution in [0.1, 0.15) is 69.2 Å². The fraction of sp³-hybridized carbons (Fsp3) is 0.256. The Hall–Kier alpha value is -3.91. The number of aryl methyl sites for hydroxylation is 1. The zero-order chi connectivity index (χ0) is 35.5. The molecule has 0 amide bonds. The van der Waals surface area contributed by atoms with Gasteiger partial charge in [0.1, 0.15) is 11.5 Å². The maximum absolute atomic E-state index is 13.8. The summed E-state index contributed by atoms with van der Waals surface area (Å²) in [6, 6.07) is 39.2. The van der Waals surface area contributed by atoms with Crippen molar-refractivity contribution < 1.29 is 22.2 Å². The molecule has 6 aromatic rings. The first-order valence-corrected chi connectivity index (χ1v) is 19.0. The van der Waals surface area contributed by atoms with E-state index in [0.717, 1.165) is 50.9 Å². The third-order valence-electron chi connectivity index (χ3n) is 10.1. The van der Waals surface area contributed by atoms with Gasteiger partial charge in [-0.15, -0.1) is 0 Å². The monoisotopic (exact) mass is 710 g/mol. The van der Waals surface area contributed by atoms with E-state index < -0.39 is 16.9 Å². The topological polar surface area (TPSA) is 18.5 Å². The Morgan fingerprint density at radius 1 is 0.540 bits per heavy atom. The van der Waals surface area contributed by atoms with Crippen LogP contribution in [-0.4, -0.2) is 0 Å². The molecule has 0 saturated carbocycles. The summed E-state index contributed by atoms with van der Waals surface area (Å²) in [6.07, 6.45) is -2.25. The van der Waals surface area contributed by atoms with E-state index >= 15 is 0 Å². The van der Waals surface area contributed by atoms with Gasteiger partial charge in [-0.2, -0.15) is 13.2 Å². The van der Waals surface area contributed by atoms with Crippen LogP contribution in [0.15, 0.2) is 121 Å². The summed E-state index contributed by atoms with van der Waals surface area (Å²) in [6.45, 7) is 10.6. The molecule has 3 unspecified atom stereocenters. The lowest BCUT2D eigenvalue weighted by molar-refractivity contribution is -0.137. The summed E-state index contributed by atoms with van der Waals surface area (Å²) >= 11 is 0. The van der Waals surface area contributed by atoms with Crippen LogP contribution in [-0.2, 0) is 16.5 Å². The molecule has 0 bridgehead atoms. The average Bonchev–Trinajstić information content (AvgIpc) is 3.14. The molecule has 0 heterocycles. The molecular formula is C43H43F3O2P2. The summed E-state index contributed by atoms with van der Waals surface area (Å²) in [7, 11) is 0.0290. The molecule has 6 aromatic carbocycles. The van der Waals surface area contributed by atoms with E-state index in [1.807, 2.05) is 44.2 Å². The van der Waals surface area contributed by atoms with Crippen LogP contribution in [0.3, 0.4) is 0 Å². The second kappa shape index (κ2) is 14.7. The van der Waals surface area contributed by atoms with Gasteiger partial charge in [0, 0.05) is 21.4 Å². The van der Waals surface area contributed by atoms with Gasteiger partial charge >= 0.3 is 6.18 Å². The van der Waals surface area contributed by atoms with Gasteiger partial charge in [0.2, 0.25) is 0 Å². The summed E-state index contributed by atoms with van der Waals surface area (Å²) < 4.78 is 55.2. The Morgan fingerprint density at radius 3 is 1.60 bits per heavy atom. The molecule has 0 saturated heterocycles. The second-order valence-electron chi connectivity index (χ2n) is 13.2. The lowest BCUT2D eigenvalue weighted by Crippen LogP contribution is -2.20. The van der Waals surface area contributed by atoms with E-state index in [0.29, 0.717) is 24.2 Å². The fourth-order valence-corrected chi connectivity index (χ4v) is 8.65. The number of hydrogen-bond acceptors (Lipinski definition) is 2. The highest BCUT2D eigenvalue weighted by Crippen LogP contribution is 2.54.